The van der Waals surface area contributed by atoms with Crippen LogP contribution in [0.15, 0.2) is 72.8 Å². The number of carbonyl (C=O) groups excluding carboxylic acids is 4. The van der Waals surface area contributed by atoms with Crippen molar-refractivity contribution >= 4 is 52.6 Å². The molecule has 1 fully saturated rings. The summed E-state index contributed by atoms with van der Waals surface area (Å²) in [6, 6.07) is 19.9. The van der Waals surface area contributed by atoms with Crippen LogP contribution in [0.5, 0.6) is 0 Å². The zero-order valence-electron chi connectivity index (χ0n) is 23.2. The monoisotopic (exact) mass is 604 g/mol. The van der Waals surface area contributed by atoms with Crippen LogP contribution >= 0.6 is 23.2 Å². The number of nitrogens with zero attached hydrogens (tertiary/aromatic N) is 1. The largest absolute Gasteiger partial charge is 0.462 e. The number of amides is 3. The van der Waals surface area contributed by atoms with Crippen molar-refractivity contribution < 1.29 is 23.9 Å². The first-order valence-electron chi connectivity index (χ1n) is 14.2. The van der Waals surface area contributed by atoms with E-state index in [2.05, 4.69) is 12.2 Å². The van der Waals surface area contributed by atoms with Gasteiger partial charge in [-0.1, -0.05) is 68.3 Å². The molecule has 3 aromatic rings. The van der Waals surface area contributed by atoms with E-state index < -0.39 is 51.3 Å². The average Bonchev–Trinajstić information content (AvgIpc) is 3.28. The molecule has 0 aromatic heterocycles. The van der Waals surface area contributed by atoms with E-state index in [1.54, 1.807) is 24.3 Å². The van der Waals surface area contributed by atoms with Crippen molar-refractivity contribution in [2.45, 2.75) is 48.9 Å². The molecular formula is C33H30Cl2N2O5. The predicted octanol–water partition coefficient (Wildman–Crippen LogP) is 5.95. The third-order valence-corrected chi connectivity index (χ3v) is 10.0. The first kappa shape index (κ1) is 28.4. The van der Waals surface area contributed by atoms with Gasteiger partial charge in [0.05, 0.1) is 24.0 Å². The fraction of sp³-hybridized carbons (Fsp3) is 0.333. The standard InChI is InChI=1S/C33H30Cl2N2O5/c1-3-4-9-18-42-31(41)20-14-16-21(17-15-20)36-28(38)19(2)37-29(39)26-27(30(37)40)33(35)23-11-6-5-10-22(23)32(26,34)24-12-7-8-13-25(24)33/h5-8,10-17,19,26-27H,3-4,9,18H2,1-2H3,(H,36,38)/t19-,26+,27+,32?,33?/m0/s1. The zero-order valence-corrected chi connectivity index (χ0v) is 24.7. The molecule has 3 atom stereocenters. The molecular weight excluding hydrogens is 575 g/mol. The van der Waals surface area contributed by atoms with Crippen molar-refractivity contribution in [3.05, 3.63) is 101 Å². The van der Waals surface area contributed by atoms with Gasteiger partial charge in [0.2, 0.25) is 17.7 Å². The average molecular weight is 606 g/mol. The second-order valence-electron chi connectivity index (χ2n) is 11.1. The molecule has 2 bridgehead atoms. The summed E-state index contributed by atoms with van der Waals surface area (Å²) < 4.78 is 5.28. The maximum absolute atomic E-state index is 14.1. The van der Waals surface area contributed by atoms with E-state index in [9.17, 15) is 19.2 Å². The summed E-state index contributed by atoms with van der Waals surface area (Å²) in [4.78, 5) is 52.2. The van der Waals surface area contributed by atoms with Gasteiger partial charge < -0.3 is 10.1 Å². The number of rotatable bonds is 8. The van der Waals surface area contributed by atoms with Gasteiger partial charge in [0, 0.05) is 5.69 Å². The van der Waals surface area contributed by atoms with Crippen LogP contribution in [-0.4, -0.2) is 41.2 Å². The topological polar surface area (TPSA) is 92.8 Å². The van der Waals surface area contributed by atoms with Crippen LogP contribution in [0.3, 0.4) is 0 Å². The van der Waals surface area contributed by atoms with Crippen LogP contribution in [0.1, 0.15) is 65.7 Å². The number of imide groups is 1. The summed E-state index contributed by atoms with van der Waals surface area (Å²) in [6.07, 6.45) is 2.82. The number of hydrogen-bond acceptors (Lipinski definition) is 5. The second-order valence-corrected chi connectivity index (χ2v) is 12.3. The highest BCUT2D eigenvalue weighted by Gasteiger charge is 2.73. The van der Waals surface area contributed by atoms with Crippen LogP contribution in [0.25, 0.3) is 0 Å². The van der Waals surface area contributed by atoms with Crippen LogP contribution in [0.2, 0.25) is 0 Å². The van der Waals surface area contributed by atoms with Crippen molar-refractivity contribution in [2.75, 3.05) is 11.9 Å². The van der Waals surface area contributed by atoms with E-state index in [0.717, 1.165) is 24.2 Å². The third-order valence-electron chi connectivity index (χ3n) is 8.76. The Kier molecular flexibility index (Phi) is 7.14. The van der Waals surface area contributed by atoms with Gasteiger partial charge in [-0.25, -0.2) is 4.79 Å². The number of ether oxygens (including phenoxy) is 1. The Morgan fingerprint density at radius 1 is 0.833 bits per heavy atom. The molecule has 1 heterocycles. The molecule has 7 nitrogen and oxygen atoms in total. The van der Waals surface area contributed by atoms with Gasteiger partial charge in [-0.3, -0.25) is 19.3 Å². The summed E-state index contributed by atoms with van der Waals surface area (Å²) in [6.45, 7) is 3.93. The number of alkyl halides is 2. The second kappa shape index (κ2) is 10.5. The van der Waals surface area contributed by atoms with E-state index in [1.807, 2.05) is 48.5 Å². The number of unbranched alkanes of at least 4 members (excludes halogenated alkanes) is 2. The lowest BCUT2D eigenvalue weighted by Crippen LogP contribution is -2.57. The van der Waals surface area contributed by atoms with E-state index in [0.29, 0.717) is 40.1 Å². The van der Waals surface area contributed by atoms with Crippen LogP contribution in [0, 0.1) is 11.8 Å². The Labute approximate surface area is 254 Å². The molecule has 7 rings (SSSR count). The Bertz CT molecular complexity index is 1480. The minimum absolute atomic E-state index is 0.353. The van der Waals surface area contributed by atoms with Crippen molar-refractivity contribution in [1.29, 1.82) is 0 Å². The SMILES string of the molecule is CCCCCOC(=O)c1ccc(NC(=O)[C@H](C)N2C(=O)[C@H]3[C@H](C2=O)C2(Cl)c4ccccc4C3(Cl)c3ccccc32)cc1. The molecule has 42 heavy (non-hydrogen) atoms. The maximum atomic E-state index is 14.1. The Morgan fingerprint density at radius 3 is 1.76 bits per heavy atom. The van der Waals surface area contributed by atoms with E-state index in [-0.39, 0.29) is 0 Å². The van der Waals surface area contributed by atoms with Crippen molar-refractivity contribution in [3.63, 3.8) is 0 Å². The highest BCUT2D eigenvalue weighted by atomic mass is 35.5. The fourth-order valence-electron chi connectivity index (χ4n) is 6.72. The third kappa shape index (κ3) is 4.01. The lowest BCUT2D eigenvalue weighted by atomic mass is 9.54. The minimum Gasteiger partial charge on any atom is -0.462 e. The van der Waals surface area contributed by atoms with Crippen LogP contribution in [-0.2, 0) is 28.9 Å². The zero-order chi connectivity index (χ0) is 29.8. The summed E-state index contributed by atoms with van der Waals surface area (Å²) in [7, 11) is 0. The summed E-state index contributed by atoms with van der Waals surface area (Å²) in [5, 5.41) is 2.76. The number of benzene rings is 3. The molecule has 0 saturated carbocycles. The number of halogens is 2. The molecule has 3 amide bonds. The molecule has 3 aromatic carbocycles. The summed E-state index contributed by atoms with van der Waals surface area (Å²) in [5.74, 6) is -4.01. The number of nitrogens with one attached hydrogen (secondary N) is 1. The normalized spacial score (nSPS) is 25.9. The Balaban J connectivity index is 1.25. The lowest BCUT2D eigenvalue weighted by molar-refractivity contribution is -0.146. The quantitative estimate of drug-likeness (QED) is 0.148. The first-order valence-corrected chi connectivity index (χ1v) is 14.9. The molecule has 216 valence electrons. The summed E-state index contributed by atoms with van der Waals surface area (Å²) in [5.41, 5.74) is 3.57. The maximum Gasteiger partial charge on any atom is 0.338 e. The number of carbonyl (C=O) groups is 4. The van der Waals surface area contributed by atoms with Crippen molar-refractivity contribution in [1.82, 2.24) is 4.90 Å². The Morgan fingerprint density at radius 2 is 1.31 bits per heavy atom. The smallest absolute Gasteiger partial charge is 0.338 e. The highest BCUT2D eigenvalue weighted by molar-refractivity contribution is 6.36. The van der Waals surface area contributed by atoms with Gasteiger partial charge in [0.1, 0.15) is 15.8 Å². The molecule has 9 heteroatoms. The predicted molar refractivity (Wildman–Crippen MR) is 159 cm³/mol. The number of likely N-dealkylation sites (tertiary alicyclic amines) is 1. The van der Waals surface area contributed by atoms with Crippen molar-refractivity contribution in [2.24, 2.45) is 11.8 Å². The molecule has 0 radical (unpaired) electrons. The van der Waals surface area contributed by atoms with Gasteiger partial charge in [-0.05, 0) is 59.9 Å². The number of esters is 1. The molecule has 1 aliphatic heterocycles. The van der Waals surface area contributed by atoms with Gasteiger partial charge in [0.25, 0.3) is 0 Å². The van der Waals surface area contributed by atoms with E-state index in [1.165, 1.54) is 6.92 Å². The lowest BCUT2D eigenvalue weighted by Gasteiger charge is -2.54. The van der Waals surface area contributed by atoms with Crippen molar-refractivity contribution in [3.8, 4) is 0 Å². The molecule has 1 N–H and O–H groups in total. The number of hydrogen-bond donors (Lipinski definition) is 1. The fourth-order valence-corrected chi connectivity index (χ4v) is 7.82. The van der Waals surface area contributed by atoms with Crippen LogP contribution in [0.4, 0.5) is 5.69 Å². The van der Waals surface area contributed by atoms with Gasteiger partial charge >= 0.3 is 5.97 Å². The van der Waals surface area contributed by atoms with Gasteiger partial charge in [-0.15, -0.1) is 23.2 Å². The van der Waals surface area contributed by atoms with E-state index in [4.69, 9.17) is 27.9 Å². The minimum atomic E-state index is -1.31. The summed E-state index contributed by atoms with van der Waals surface area (Å²) >= 11 is 14.9. The van der Waals surface area contributed by atoms with Gasteiger partial charge in [-0.2, -0.15) is 0 Å². The first-order chi connectivity index (χ1) is 20.1. The molecule has 1 saturated heterocycles. The van der Waals surface area contributed by atoms with E-state index >= 15 is 0 Å². The Hall–Kier alpha value is -3.68. The molecule has 4 aliphatic rings. The molecule has 3 aliphatic carbocycles. The van der Waals surface area contributed by atoms with Gasteiger partial charge in [0.15, 0.2) is 0 Å². The number of anilines is 1. The van der Waals surface area contributed by atoms with Crippen LogP contribution < -0.4 is 5.32 Å². The highest BCUT2D eigenvalue weighted by Crippen LogP contribution is 2.69. The molecule has 0 spiro atoms. The molecule has 0 unspecified atom stereocenters.